The van der Waals surface area contributed by atoms with E-state index in [0.717, 1.165) is 6.08 Å². The molecule has 2 fully saturated rings. The molecule has 42 heavy (non-hydrogen) atoms. The van der Waals surface area contributed by atoms with Gasteiger partial charge in [0.2, 0.25) is 6.29 Å². The van der Waals surface area contributed by atoms with E-state index in [1.807, 2.05) is 13.8 Å². The van der Waals surface area contributed by atoms with Gasteiger partial charge in [-0.2, -0.15) is 0 Å². The third kappa shape index (κ3) is 7.68. The molecule has 1 aliphatic carbocycles. The predicted molar refractivity (Wildman–Crippen MR) is 146 cm³/mol. The molecule has 1 saturated heterocycles. The molecule has 0 amide bonds. The standard InChI is InChI=1S/C30H40O12/c1-16(2)11-24(35)42-29-25-18(12-31)6-9-21(25)19(14-38-29)15-39-30-28(27(37)26(36)22(13-32)40-30)41-23(34)10-5-17-3-7-20(33)8-4-17/h3-5,7-8,10,14,16,18,21-22,25-33,36-37H,6,9,11-13,15H2,1-2H3/t18-,21-,22-,25+,26-,27+,28-,29-,30+/m1/s1. The van der Waals surface area contributed by atoms with Crippen LogP contribution in [0, 0.1) is 23.7 Å². The average Bonchev–Trinajstić information content (AvgIpc) is 3.40. The van der Waals surface area contributed by atoms with Crippen LogP contribution in [-0.4, -0.2) is 94.3 Å². The molecule has 0 spiro atoms. The fourth-order valence-electron chi connectivity index (χ4n) is 5.67. The summed E-state index contributed by atoms with van der Waals surface area (Å²) in [5, 5.41) is 50.2. The van der Waals surface area contributed by atoms with E-state index in [0.29, 0.717) is 24.0 Å². The van der Waals surface area contributed by atoms with Crippen LogP contribution in [0.1, 0.15) is 38.7 Å². The van der Waals surface area contributed by atoms with Crippen molar-refractivity contribution in [1.82, 2.24) is 0 Å². The Balaban J connectivity index is 1.45. The van der Waals surface area contributed by atoms with E-state index < -0.39 is 49.6 Å². The molecule has 2 heterocycles. The summed E-state index contributed by atoms with van der Waals surface area (Å²) >= 11 is 0. The smallest absolute Gasteiger partial charge is 0.331 e. The lowest BCUT2D eigenvalue weighted by Crippen LogP contribution is -2.60. The quantitative estimate of drug-likeness (QED) is 0.183. The Labute approximate surface area is 244 Å². The molecule has 0 unspecified atom stereocenters. The first-order valence-electron chi connectivity index (χ1n) is 14.2. The molecule has 0 aromatic heterocycles. The summed E-state index contributed by atoms with van der Waals surface area (Å²) in [6.07, 6.45) is -2.31. The van der Waals surface area contributed by atoms with Crippen LogP contribution >= 0.6 is 0 Å². The number of fused-ring (bicyclic) bond motifs is 1. The van der Waals surface area contributed by atoms with Crippen LogP contribution < -0.4 is 0 Å². The lowest BCUT2D eigenvalue weighted by molar-refractivity contribution is -0.302. The van der Waals surface area contributed by atoms with Crippen LogP contribution in [0.4, 0.5) is 0 Å². The monoisotopic (exact) mass is 592 g/mol. The maximum Gasteiger partial charge on any atom is 0.331 e. The fraction of sp³-hybridized carbons (Fsp3) is 0.600. The van der Waals surface area contributed by atoms with E-state index >= 15 is 0 Å². The lowest BCUT2D eigenvalue weighted by atomic mass is 9.83. The molecule has 4 rings (SSSR count). The number of aliphatic hydroxyl groups excluding tert-OH is 4. The van der Waals surface area contributed by atoms with Crippen LogP contribution in [0.15, 0.2) is 42.2 Å². The zero-order valence-corrected chi connectivity index (χ0v) is 23.7. The Hall–Kier alpha value is -3.00. The van der Waals surface area contributed by atoms with Crippen molar-refractivity contribution in [3.63, 3.8) is 0 Å². The second kappa shape index (κ2) is 14.5. The fourth-order valence-corrected chi connectivity index (χ4v) is 5.67. The number of benzene rings is 1. The van der Waals surface area contributed by atoms with Gasteiger partial charge >= 0.3 is 11.9 Å². The summed E-state index contributed by atoms with van der Waals surface area (Å²) in [5.41, 5.74) is 1.32. The van der Waals surface area contributed by atoms with Crippen LogP contribution in [0.25, 0.3) is 6.08 Å². The summed E-state index contributed by atoms with van der Waals surface area (Å²) < 4.78 is 28.5. The van der Waals surface area contributed by atoms with Crippen LogP contribution in [-0.2, 0) is 33.3 Å². The lowest BCUT2D eigenvalue weighted by Gasteiger charge is -2.42. The molecule has 1 aromatic carbocycles. The van der Waals surface area contributed by atoms with Crippen molar-refractivity contribution in [3.05, 3.63) is 47.7 Å². The number of phenolic OH excluding ortho intramolecular Hbond substituents is 1. The number of hydrogen-bond donors (Lipinski definition) is 5. The minimum Gasteiger partial charge on any atom is -0.508 e. The third-order valence-corrected chi connectivity index (χ3v) is 7.85. The molecule has 232 valence electrons. The maximum atomic E-state index is 12.6. The van der Waals surface area contributed by atoms with Gasteiger partial charge in [-0.15, -0.1) is 0 Å². The van der Waals surface area contributed by atoms with Crippen molar-refractivity contribution in [2.24, 2.45) is 23.7 Å². The Morgan fingerprint density at radius 3 is 2.43 bits per heavy atom. The Morgan fingerprint density at radius 1 is 1.02 bits per heavy atom. The SMILES string of the molecule is CC(C)CC(=O)O[C@H]1OC=C(CO[C@H]2O[C@H](CO)[C@@H](O)[C@H](O)[C@H]2OC(=O)C=Cc2ccc(O)cc2)[C@H]2CC[C@H](CO)[C@H]12. The number of esters is 2. The first kappa shape index (κ1) is 31.9. The van der Waals surface area contributed by atoms with E-state index in [1.165, 1.54) is 24.5 Å². The van der Waals surface area contributed by atoms with Gasteiger partial charge in [0.25, 0.3) is 0 Å². The highest BCUT2D eigenvalue weighted by Gasteiger charge is 2.50. The van der Waals surface area contributed by atoms with Crippen molar-refractivity contribution in [2.75, 3.05) is 19.8 Å². The summed E-state index contributed by atoms with van der Waals surface area (Å²) in [6.45, 7) is 3.04. The van der Waals surface area contributed by atoms with Crippen molar-refractivity contribution in [1.29, 1.82) is 0 Å². The first-order valence-corrected chi connectivity index (χ1v) is 14.2. The molecule has 12 nitrogen and oxygen atoms in total. The molecule has 0 bridgehead atoms. The Kier molecular flexibility index (Phi) is 11.0. The van der Waals surface area contributed by atoms with Crippen molar-refractivity contribution in [2.45, 2.75) is 70.1 Å². The minimum atomic E-state index is -1.62. The topological polar surface area (TPSA) is 181 Å². The van der Waals surface area contributed by atoms with Crippen LogP contribution in [0.2, 0.25) is 0 Å². The van der Waals surface area contributed by atoms with Gasteiger partial charge < -0.3 is 49.2 Å². The Morgan fingerprint density at radius 2 is 1.76 bits per heavy atom. The zero-order valence-electron chi connectivity index (χ0n) is 23.7. The predicted octanol–water partition coefficient (Wildman–Crippen LogP) is 1.24. The van der Waals surface area contributed by atoms with Gasteiger partial charge in [0.1, 0.15) is 24.1 Å². The molecule has 2 aliphatic heterocycles. The zero-order chi connectivity index (χ0) is 30.4. The van der Waals surface area contributed by atoms with Crippen LogP contribution in [0.3, 0.4) is 0 Å². The van der Waals surface area contributed by atoms with E-state index in [2.05, 4.69) is 0 Å². The summed E-state index contributed by atoms with van der Waals surface area (Å²) in [5.74, 6) is -1.61. The largest absolute Gasteiger partial charge is 0.508 e. The number of hydrogen-bond acceptors (Lipinski definition) is 12. The summed E-state index contributed by atoms with van der Waals surface area (Å²) in [6, 6.07) is 6.09. The highest BCUT2D eigenvalue weighted by molar-refractivity contribution is 5.87. The van der Waals surface area contributed by atoms with E-state index in [9.17, 15) is 35.1 Å². The third-order valence-electron chi connectivity index (χ3n) is 7.85. The van der Waals surface area contributed by atoms with E-state index in [1.54, 1.807) is 12.1 Å². The Bertz CT molecular complexity index is 1120. The molecule has 12 heteroatoms. The molecular formula is C30H40O12. The van der Waals surface area contributed by atoms with Crippen LogP contribution in [0.5, 0.6) is 5.75 Å². The van der Waals surface area contributed by atoms with Gasteiger partial charge in [0.05, 0.1) is 19.5 Å². The second-order valence-corrected chi connectivity index (χ2v) is 11.3. The number of rotatable bonds is 11. The van der Waals surface area contributed by atoms with Gasteiger partial charge in [-0.3, -0.25) is 4.79 Å². The highest BCUT2D eigenvalue weighted by Crippen LogP contribution is 2.47. The molecule has 1 saturated carbocycles. The second-order valence-electron chi connectivity index (χ2n) is 11.3. The first-order chi connectivity index (χ1) is 20.1. The maximum absolute atomic E-state index is 12.6. The summed E-state index contributed by atoms with van der Waals surface area (Å²) in [7, 11) is 0. The molecule has 9 atom stereocenters. The van der Waals surface area contributed by atoms with Crippen molar-refractivity contribution < 1.29 is 58.8 Å². The number of aromatic hydroxyl groups is 1. The van der Waals surface area contributed by atoms with Gasteiger partial charge in [0.15, 0.2) is 12.4 Å². The molecule has 5 N–H and O–H groups in total. The molecule has 3 aliphatic rings. The average molecular weight is 593 g/mol. The van der Waals surface area contributed by atoms with Gasteiger partial charge in [0, 0.05) is 25.0 Å². The van der Waals surface area contributed by atoms with E-state index in [4.69, 9.17) is 23.7 Å². The number of aliphatic hydroxyl groups is 4. The van der Waals surface area contributed by atoms with Gasteiger partial charge in [-0.25, -0.2) is 4.79 Å². The van der Waals surface area contributed by atoms with Gasteiger partial charge in [-0.1, -0.05) is 26.0 Å². The molecular weight excluding hydrogens is 552 g/mol. The highest BCUT2D eigenvalue weighted by atomic mass is 16.7. The van der Waals surface area contributed by atoms with E-state index in [-0.39, 0.29) is 55.0 Å². The van der Waals surface area contributed by atoms with Crippen molar-refractivity contribution >= 4 is 18.0 Å². The number of phenols is 1. The molecule has 0 radical (unpaired) electrons. The number of ether oxygens (including phenoxy) is 5. The van der Waals surface area contributed by atoms with Gasteiger partial charge in [-0.05, 0) is 59.9 Å². The summed E-state index contributed by atoms with van der Waals surface area (Å²) in [4.78, 5) is 25.0. The number of carbonyl (C=O) groups excluding carboxylic acids is 2. The normalized spacial score (nSPS) is 32.7. The minimum absolute atomic E-state index is 0.0709. The number of carbonyl (C=O) groups is 2. The van der Waals surface area contributed by atoms with Crippen molar-refractivity contribution in [3.8, 4) is 5.75 Å². The molecule has 1 aromatic rings.